The highest BCUT2D eigenvalue weighted by Gasteiger charge is 2.63. The maximum absolute atomic E-state index is 12.4. The molecule has 26 heavy (non-hydrogen) atoms. The van der Waals surface area contributed by atoms with E-state index in [1.165, 1.54) is 0 Å². The molecule has 4 heteroatoms. The first-order valence-corrected chi connectivity index (χ1v) is 8.63. The second-order valence-corrected chi connectivity index (χ2v) is 6.83. The van der Waals surface area contributed by atoms with E-state index < -0.39 is 11.4 Å². The van der Waals surface area contributed by atoms with E-state index in [0.717, 1.165) is 32.9 Å². The predicted octanol–water partition coefficient (Wildman–Crippen LogP) is 4.29. The molecule has 1 aliphatic carbocycles. The minimum Gasteiger partial charge on any atom is -0.481 e. The zero-order valence-corrected chi connectivity index (χ0v) is 14.0. The normalized spacial score (nSPS) is 21.8. The molecular weight excluding hydrogens is 324 g/mol. The van der Waals surface area contributed by atoms with Crippen LogP contribution in [0, 0.1) is 0 Å². The molecule has 1 aliphatic rings. The summed E-state index contributed by atoms with van der Waals surface area (Å²) < 4.78 is 0. The number of nitrogens with zero attached hydrogens (tertiary/aromatic N) is 2. The molecule has 2 atom stereocenters. The highest BCUT2D eigenvalue weighted by Crippen LogP contribution is 2.62. The Labute approximate surface area is 150 Å². The molecular formula is C22H16N2O2. The molecule has 0 bridgehead atoms. The van der Waals surface area contributed by atoms with E-state index in [9.17, 15) is 9.90 Å². The third-order valence-corrected chi connectivity index (χ3v) is 5.53. The van der Waals surface area contributed by atoms with Gasteiger partial charge in [0.05, 0.1) is 11.0 Å². The Morgan fingerprint density at radius 1 is 0.885 bits per heavy atom. The number of benzene rings is 2. The number of carbonyl (C=O) groups is 1. The van der Waals surface area contributed by atoms with Crippen LogP contribution in [0.1, 0.15) is 23.5 Å². The van der Waals surface area contributed by atoms with Crippen LogP contribution in [0.4, 0.5) is 0 Å². The van der Waals surface area contributed by atoms with Crippen molar-refractivity contribution < 1.29 is 9.90 Å². The van der Waals surface area contributed by atoms with E-state index in [0.29, 0.717) is 6.42 Å². The summed E-state index contributed by atoms with van der Waals surface area (Å²) in [6, 6.07) is 19.5. The number of aliphatic carboxylic acids is 1. The Kier molecular flexibility index (Phi) is 3.10. The van der Waals surface area contributed by atoms with Crippen LogP contribution in [0.2, 0.25) is 0 Å². The lowest BCUT2D eigenvalue weighted by Crippen LogP contribution is -2.22. The largest absolute Gasteiger partial charge is 0.481 e. The molecule has 1 N–H and O–H groups in total. The monoisotopic (exact) mass is 340 g/mol. The maximum Gasteiger partial charge on any atom is 0.314 e. The summed E-state index contributed by atoms with van der Waals surface area (Å²) in [6.45, 7) is 0. The third-order valence-electron chi connectivity index (χ3n) is 5.53. The van der Waals surface area contributed by atoms with E-state index in [1.807, 2.05) is 60.7 Å². The van der Waals surface area contributed by atoms with Crippen molar-refractivity contribution in [3.8, 4) is 0 Å². The average molecular weight is 340 g/mol. The minimum atomic E-state index is -0.910. The summed E-state index contributed by atoms with van der Waals surface area (Å²) >= 11 is 0. The first kappa shape index (κ1) is 15.0. The number of pyridine rings is 2. The molecule has 1 saturated carbocycles. The number of aromatic nitrogens is 2. The van der Waals surface area contributed by atoms with Gasteiger partial charge >= 0.3 is 5.97 Å². The van der Waals surface area contributed by atoms with E-state index in [-0.39, 0.29) is 5.92 Å². The number of rotatable bonds is 3. The zero-order valence-electron chi connectivity index (χ0n) is 14.0. The molecule has 4 aromatic rings. The maximum atomic E-state index is 12.4. The van der Waals surface area contributed by atoms with Gasteiger partial charge in [0, 0.05) is 29.1 Å². The number of hydrogen-bond acceptors (Lipinski definition) is 3. The van der Waals surface area contributed by atoms with Gasteiger partial charge in [-0.2, -0.15) is 0 Å². The predicted molar refractivity (Wildman–Crippen MR) is 100 cm³/mol. The smallest absolute Gasteiger partial charge is 0.314 e. The second-order valence-electron chi connectivity index (χ2n) is 6.83. The van der Waals surface area contributed by atoms with Crippen molar-refractivity contribution in [1.82, 2.24) is 9.97 Å². The van der Waals surface area contributed by atoms with Gasteiger partial charge in [-0.25, -0.2) is 0 Å². The molecule has 0 radical (unpaired) electrons. The second kappa shape index (κ2) is 5.36. The molecule has 4 nitrogen and oxygen atoms in total. The topological polar surface area (TPSA) is 63.1 Å². The Hall–Kier alpha value is -3.27. The van der Waals surface area contributed by atoms with Crippen LogP contribution in [0.3, 0.4) is 0 Å². The molecule has 0 amide bonds. The highest BCUT2D eigenvalue weighted by atomic mass is 16.4. The summed E-state index contributed by atoms with van der Waals surface area (Å²) in [6.07, 6.45) is 4.07. The van der Waals surface area contributed by atoms with Gasteiger partial charge in [-0.1, -0.05) is 36.4 Å². The van der Waals surface area contributed by atoms with Crippen molar-refractivity contribution in [2.75, 3.05) is 0 Å². The van der Waals surface area contributed by atoms with Crippen LogP contribution in [0.15, 0.2) is 73.1 Å². The van der Waals surface area contributed by atoms with Gasteiger partial charge in [0.1, 0.15) is 5.41 Å². The van der Waals surface area contributed by atoms with Crippen molar-refractivity contribution in [2.45, 2.75) is 17.8 Å². The van der Waals surface area contributed by atoms with Gasteiger partial charge in [-0.15, -0.1) is 0 Å². The fourth-order valence-electron chi connectivity index (χ4n) is 4.19. The van der Waals surface area contributed by atoms with Crippen molar-refractivity contribution >= 4 is 27.8 Å². The first-order chi connectivity index (χ1) is 12.7. The molecule has 2 heterocycles. The molecule has 0 spiro atoms. The van der Waals surface area contributed by atoms with Crippen LogP contribution < -0.4 is 0 Å². The van der Waals surface area contributed by atoms with E-state index in [2.05, 4.69) is 9.97 Å². The van der Waals surface area contributed by atoms with Crippen LogP contribution in [-0.4, -0.2) is 21.0 Å². The molecule has 5 rings (SSSR count). The molecule has 2 unspecified atom stereocenters. The first-order valence-electron chi connectivity index (χ1n) is 8.63. The summed E-state index contributed by atoms with van der Waals surface area (Å²) in [7, 11) is 0. The third kappa shape index (κ3) is 1.99. The van der Waals surface area contributed by atoms with Gasteiger partial charge in [-0.05, 0) is 41.8 Å². The van der Waals surface area contributed by atoms with Crippen LogP contribution in [0.5, 0.6) is 0 Å². The number of carboxylic acids is 1. The molecule has 2 aromatic heterocycles. The SMILES string of the molecule is O=C(O)C1(c2ccnc3ccccc23)CC1c1ccnc2ccccc12. The number of fused-ring (bicyclic) bond motifs is 2. The van der Waals surface area contributed by atoms with E-state index >= 15 is 0 Å². The highest BCUT2D eigenvalue weighted by molar-refractivity contribution is 5.97. The number of carboxylic acid groups (broad SMARTS) is 1. The fraction of sp³-hybridized carbons (Fsp3) is 0.136. The molecule has 0 saturated heterocycles. The summed E-state index contributed by atoms with van der Waals surface area (Å²) in [5.74, 6) is -0.849. The van der Waals surface area contributed by atoms with Gasteiger partial charge in [-0.3, -0.25) is 14.8 Å². The summed E-state index contributed by atoms with van der Waals surface area (Å²) in [5, 5.41) is 12.1. The number of para-hydroxylation sites is 2. The quantitative estimate of drug-likeness (QED) is 0.604. The summed E-state index contributed by atoms with van der Waals surface area (Å²) in [4.78, 5) is 21.2. The Bertz CT molecular complexity index is 1160. The van der Waals surface area contributed by atoms with E-state index in [4.69, 9.17) is 0 Å². The fourth-order valence-corrected chi connectivity index (χ4v) is 4.19. The molecule has 126 valence electrons. The van der Waals surface area contributed by atoms with Crippen LogP contribution in [0.25, 0.3) is 21.8 Å². The van der Waals surface area contributed by atoms with Gasteiger partial charge in [0.25, 0.3) is 0 Å². The number of hydrogen-bond donors (Lipinski definition) is 1. The molecule has 0 aliphatic heterocycles. The van der Waals surface area contributed by atoms with Crippen molar-refractivity contribution in [3.05, 3.63) is 84.2 Å². The lowest BCUT2D eigenvalue weighted by Gasteiger charge is -2.16. The lowest BCUT2D eigenvalue weighted by atomic mass is 9.88. The lowest BCUT2D eigenvalue weighted by molar-refractivity contribution is -0.140. The standard InChI is InChI=1S/C22H16N2O2/c25-21(26)22(17-10-12-24-20-8-4-2-6-16(17)20)13-18(22)14-9-11-23-19-7-3-1-5-15(14)19/h1-12,18H,13H2,(H,25,26). The van der Waals surface area contributed by atoms with Crippen molar-refractivity contribution in [3.63, 3.8) is 0 Å². The Balaban J connectivity index is 1.73. The van der Waals surface area contributed by atoms with Gasteiger partial charge in [0.2, 0.25) is 0 Å². The Morgan fingerprint density at radius 3 is 2.23 bits per heavy atom. The van der Waals surface area contributed by atoms with Crippen molar-refractivity contribution in [1.29, 1.82) is 0 Å². The van der Waals surface area contributed by atoms with Crippen LogP contribution in [-0.2, 0) is 10.2 Å². The van der Waals surface area contributed by atoms with E-state index in [1.54, 1.807) is 12.4 Å². The van der Waals surface area contributed by atoms with Gasteiger partial charge in [0.15, 0.2) is 0 Å². The Morgan fingerprint density at radius 2 is 1.50 bits per heavy atom. The molecule has 2 aromatic carbocycles. The average Bonchev–Trinajstić information content (AvgIpc) is 3.44. The van der Waals surface area contributed by atoms with Gasteiger partial charge < -0.3 is 5.11 Å². The minimum absolute atomic E-state index is 0.0706. The zero-order chi connectivity index (χ0) is 17.7. The molecule has 1 fully saturated rings. The van der Waals surface area contributed by atoms with Crippen molar-refractivity contribution in [2.24, 2.45) is 0 Å². The van der Waals surface area contributed by atoms with Crippen LogP contribution >= 0.6 is 0 Å². The summed E-state index contributed by atoms with van der Waals surface area (Å²) in [5.41, 5.74) is 2.72.